The standard InChI is InChI=1S/C14H20BrIN2/c1-2-18-8-3-4-12(7-9-18)17-14-6-5-11(16)10-13(14)15/h5-6,10,12,17H,2-4,7-9H2,1H3. The third-order valence-corrected chi connectivity index (χ3v) is 4.89. The number of hydrogen-bond donors (Lipinski definition) is 1. The van der Waals surface area contributed by atoms with Crippen LogP contribution in [0.4, 0.5) is 5.69 Å². The summed E-state index contributed by atoms with van der Waals surface area (Å²) in [7, 11) is 0. The summed E-state index contributed by atoms with van der Waals surface area (Å²) in [5.41, 5.74) is 1.23. The second-order valence-corrected chi connectivity index (χ2v) is 6.93. The van der Waals surface area contributed by atoms with E-state index in [1.807, 2.05) is 0 Å². The molecule has 1 atom stereocenters. The molecule has 1 saturated heterocycles. The number of halogens is 2. The number of hydrogen-bond acceptors (Lipinski definition) is 2. The van der Waals surface area contributed by atoms with Gasteiger partial charge in [0.1, 0.15) is 0 Å². The van der Waals surface area contributed by atoms with E-state index in [1.54, 1.807) is 0 Å². The lowest BCUT2D eigenvalue weighted by molar-refractivity contribution is 0.300. The maximum absolute atomic E-state index is 3.68. The van der Waals surface area contributed by atoms with Crippen LogP contribution in [0.3, 0.4) is 0 Å². The molecular weight excluding hydrogens is 403 g/mol. The Bertz CT molecular complexity index is 397. The molecule has 0 amide bonds. The SMILES string of the molecule is CCN1CCCC(Nc2ccc(I)cc2Br)CC1. The van der Waals surface area contributed by atoms with Crippen molar-refractivity contribution in [2.24, 2.45) is 0 Å². The van der Waals surface area contributed by atoms with Gasteiger partial charge in [-0.25, -0.2) is 0 Å². The summed E-state index contributed by atoms with van der Waals surface area (Å²) in [5, 5.41) is 3.68. The minimum atomic E-state index is 0.609. The Kier molecular flexibility index (Phi) is 5.76. The highest BCUT2D eigenvalue weighted by Crippen LogP contribution is 2.26. The second kappa shape index (κ2) is 7.10. The molecule has 0 bridgehead atoms. The molecule has 0 radical (unpaired) electrons. The minimum absolute atomic E-state index is 0.609. The average molecular weight is 423 g/mol. The Balaban J connectivity index is 1.96. The first-order chi connectivity index (χ1) is 8.69. The fourth-order valence-electron chi connectivity index (χ4n) is 2.44. The van der Waals surface area contributed by atoms with E-state index in [0.29, 0.717) is 6.04 Å². The zero-order chi connectivity index (χ0) is 13.0. The summed E-state index contributed by atoms with van der Waals surface area (Å²) in [5.74, 6) is 0. The van der Waals surface area contributed by atoms with Crippen molar-refractivity contribution >= 4 is 44.2 Å². The fourth-order valence-corrected chi connectivity index (χ4v) is 3.86. The van der Waals surface area contributed by atoms with Crippen LogP contribution >= 0.6 is 38.5 Å². The Morgan fingerprint density at radius 1 is 1.39 bits per heavy atom. The van der Waals surface area contributed by atoms with E-state index in [2.05, 4.69) is 73.9 Å². The average Bonchev–Trinajstić information content (AvgIpc) is 2.58. The van der Waals surface area contributed by atoms with Gasteiger partial charge in [-0.15, -0.1) is 0 Å². The third-order valence-electron chi connectivity index (χ3n) is 3.56. The van der Waals surface area contributed by atoms with Gasteiger partial charge >= 0.3 is 0 Å². The lowest BCUT2D eigenvalue weighted by atomic mass is 10.1. The van der Waals surface area contributed by atoms with Crippen LogP contribution < -0.4 is 5.32 Å². The van der Waals surface area contributed by atoms with Crippen molar-refractivity contribution in [2.45, 2.75) is 32.2 Å². The van der Waals surface area contributed by atoms with Gasteiger partial charge in [0.2, 0.25) is 0 Å². The first-order valence-corrected chi connectivity index (χ1v) is 8.50. The van der Waals surface area contributed by atoms with Crippen LogP contribution in [-0.4, -0.2) is 30.6 Å². The molecule has 1 fully saturated rings. The third kappa shape index (κ3) is 4.10. The molecule has 1 aliphatic heterocycles. The van der Waals surface area contributed by atoms with Crippen LogP contribution in [0.5, 0.6) is 0 Å². The Morgan fingerprint density at radius 3 is 2.94 bits per heavy atom. The second-order valence-electron chi connectivity index (χ2n) is 4.83. The summed E-state index contributed by atoms with van der Waals surface area (Å²) in [6.45, 7) is 5.90. The Hall–Kier alpha value is 0.190. The number of nitrogens with zero attached hydrogens (tertiary/aromatic N) is 1. The van der Waals surface area contributed by atoms with Crippen molar-refractivity contribution in [1.82, 2.24) is 4.90 Å². The van der Waals surface area contributed by atoms with E-state index in [9.17, 15) is 0 Å². The summed E-state index contributed by atoms with van der Waals surface area (Å²) in [4.78, 5) is 2.55. The zero-order valence-corrected chi connectivity index (χ0v) is 14.5. The minimum Gasteiger partial charge on any atom is -0.381 e. The smallest absolute Gasteiger partial charge is 0.0487 e. The Labute approximate surface area is 132 Å². The molecule has 4 heteroatoms. The highest BCUT2D eigenvalue weighted by atomic mass is 127. The van der Waals surface area contributed by atoms with Gasteiger partial charge < -0.3 is 10.2 Å². The molecule has 1 unspecified atom stereocenters. The number of nitrogens with one attached hydrogen (secondary N) is 1. The number of benzene rings is 1. The summed E-state index contributed by atoms with van der Waals surface area (Å²) < 4.78 is 2.44. The van der Waals surface area contributed by atoms with E-state index in [1.165, 1.54) is 52.6 Å². The number of likely N-dealkylation sites (tertiary alicyclic amines) is 1. The van der Waals surface area contributed by atoms with Gasteiger partial charge in [0.25, 0.3) is 0 Å². The Morgan fingerprint density at radius 2 is 2.22 bits per heavy atom. The van der Waals surface area contributed by atoms with Crippen LogP contribution in [-0.2, 0) is 0 Å². The van der Waals surface area contributed by atoms with E-state index in [4.69, 9.17) is 0 Å². The van der Waals surface area contributed by atoms with Gasteiger partial charge in [0.15, 0.2) is 0 Å². The van der Waals surface area contributed by atoms with Crippen LogP contribution in [0.2, 0.25) is 0 Å². The van der Waals surface area contributed by atoms with Crippen LogP contribution in [0, 0.1) is 3.57 Å². The van der Waals surface area contributed by atoms with Crippen LogP contribution in [0.1, 0.15) is 26.2 Å². The van der Waals surface area contributed by atoms with Gasteiger partial charge in [-0.2, -0.15) is 0 Å². The van der Waals surface area contributed by atoms with E-state index in [0.717, 1.165) is 0 Å². The number of anilines is 1. The monoisotopic (exact) mass is 422 g/mol. The largest absolute Gasteiger partial charge is 0.381 e. The topological polar surface area (TPSA) is 15.3 Å². The van der Waals surface area contributed by atoms with Crippen molar-refractivity contribution in [3.05, 3.63) is 26.2 Å². The maximum atomic E-state index is 3.68. The zero-order valence-electron chi connectivity index (χ0n) is 10.8. The molecule has 1 aromatic rings. The summed E-state index contributed by atoms with van der Waals surface area (Å²) in [6.07, 6.45) is 3.81. The van der Waals surface area contributed by atoms with Crippen molar-refractivity contribution in [3.8, 4) is 0 Å². The van der Waals surface area contributed by atoms with E-state index in [-0.39, 0.29) is 0 Å². The van der Waals surface area contributed by atoms with Crippen molar-refractivity contribution < 1.29 is 0 Å². The van der Waals surface area contributed by atoms with Crippen molar-refractivity contribution in [1.29, 1.82) is 0 Å². The van der Waals surface area contributed by atoms with Crippen molar-refractivity contribution in [3.63, 3.8) is 0 Å². The molecule has 0 saturated carbocycles. The van der Waals surface area contributed by atoms with Gasteiger partial charge in [0.05, 0.1) is 0 Å². The molecule has 1 heterocycles. The van der Waals surface area contributed by atoms with Gasteiger partial charge in [-0.1, -0.05) is 6.92 Å². The van der Waals surface area contributed by atoms with E-state index >= 15 is 0 Å². The molecule has 18 heavy (non-hydrogen) atoms. The lowest BCUT2D eigenvalue weighted by Crippen LogP contribution is -2.26. The van der Waals surface area contributed by atoms with E-state index < -0.39 is 0 Å². The molecule has 2 rings (SSSR count). The fraction of sp³-hybridized carbons (Fsp3) is 0.571. The molecule has 0 spiro atoms. The summed E-state index contributed by atoms with van der Waals surface area (Å²) in [6, 6.07) is 7.10. The van der Waals surface area contributed by atoms with Gasteiger partial charge in [-0.05, 0) is 89.1 Å². The summed E-state index contributed by atoms with van der Waals surface area (Å²) >= 11 is 5.98. The number of rotatable bonds is 3. The molecule has 100 valence electrons. The molecule has 1 aromatic carbocycles. The van der Waals surface area contributed by atoms with Gasteiger partial charge in [0, 0.05) is 26.3 Å². The molecule has 2 nitrogen and oxygen atoms in total. The molecule has 0 aliphatic carbocycles. The first-order valence-electron chi connectivity index (χ1n) is 6.63. The van der Waals surface area contributed by atoms with Crippen LogP contribution in [0.25, 0.3) is 0 Å². The van der Waals surface area contributed by atoms with Crippen molar-refractivity contribution in [2.75, 3.05) is 25.0 Å². The lowest BCUT2D eigenvalue weighted by Gasteiger charge is -2.20. The highest BCUT2D eigenvalue weighted by molar-refractivity contribution is 14.1. The normalized spacial score (nSPS) is 21.6. The molecule has 1 N–H and O–H groups in total. The molecule has 1 aliphatic rings. The molecule has 0 aromatic heterocycles. The molecular formula is C14H20BrIN2. The predicted octanol–water partition coefficient (Wildman–Crippen LogP) is 4.34. The van der Waals surface area contributed by atoms with Gasteiger partial charge in [-0.3, -0.25) is 0 Å². The maximum Gasteiger partial charge on any atom is 0.0487 e. The van der Waals surface area contributed by atoms with Crippen LogP contribution in [0.15, 0.2) is 22.7 Å². The predicted molar refractivity (Wildman–Crippen MR) is 90.2 cm³/mol. The highest BCUT2D eigenvalue weighted by Gasteiger charge is 2.16. The quantitative estimate of drug-likeness (QED) is 0.729. The first kappa shape index (κ1) is 14.6.